The van der Waals surface area contributed by atoms with Gasteiger partial charge in [-0.05, 0) is 69.8 Å². The number of aromatic nitrogens is 2. The van der Waals surface area contributed by atoms with E-state index in [0.717, 1.165) is 43.1 Å². The van der Waals surface area contributed by atoms with Gasteiger partial charge in [-0.15, -0.1) is 0 Å². The zero-order chi connectivity index (χ0) is 23.0. The molecular weight excluding hydrogens is 414 g/mol. The number of piperidine rings is 1. The van der Waals surface area contributed by atoms with Gasteiger partial charge >= 0.3 is 0 Å². The SMILES string of the molecule is CC1(C)Oc2ncnc(N)c2N=C1c1ccc([C@H]2CC[C@H](CN3CCC(O)CC3)CC2)cc1. The van der Waals surface area contributed by atoms with Gasteiger partial charge in [-0.1, -0.05) is 24.3 Å². The smallest absolute Gasteiger partial charge is 0.246 e. The second-order valence-corrected chi connectivity index (χ2v) is 10.4. The van der Waals surface area contributed by atoms with Crippen LogP contribution >= 0.6 is 0 Å². The molecule has 1 aromatic carbocycles. The molecule has 7 nitrogen and oxygen atoms in total. The van der Waals surface area contributed by atoms with Crippen molar-refractivity contribution in [3.05, 3.63) is 41.7 Å². The van der Waals surface area contributed by atoms with Gasteiger partial charge in [0.05, 0.1) is 11.8 Å². The van der Waals surface area contributed by atoms with Crippen molar-refractivity contribution in [2.24, 2.45) is 10.9 Å². The molecule has 2 aliphatic heterocycles. The minimum absolute atomic E-state index is 0.0860. The molecule has 33 heavy (non-hydrogen) atoms. The number of ether oxygens (including phenoxy) is 1. The Hall–Kier alpha value is -2.51. The minimum Gasteiger partial charge on any atom is -0.463 e. The summed E-state index contributed by atoms with van der Waals surface area (Å²) in [5, 5.41) is 9.73. The number of aliphatic hydroxyl groups is 1. The number of nitrogens with zero attached hydrogens (tertiary/aromatic N) is 4. The topological polar surface area (TPSA) is 96.9 Å². The molecule has 3 N–H and O–H groups in total. The fourth-order valence-electron chi connectivity index (χ4n) is 5.56. The molecule has 2 fully saturated rings. The van der Waals surface area contributed by atoms with Gasteiger partial charge in [-0.3, -0.25) is 0 Å². The molecule has 1 saturated heterocycles. The standard InChI is InChI=1S/C26H35N5O2/c1-26(2)23(30-22-24(27)28-16-29-25(22)33-26)20-9-7-19(8-10-20)18-5-3-17(4-6-18)15-31-13-11-21(32)12-14-31/h7-10,16-18,21,32H,3-6,11-15H2,1-2H3,(H2,27,28,29)/t17-,18-. The predicted octanol–water partition coefficient (Wildman–Crippen LogP) is 4.08. The molecule has 176 valence electrons. The zero-order valence-electron chi connectivity index (χ0n) is 19.7. The van der Waals surface area contributed by atoms with Crippen LogP contribution in [0.4, 0.5) is 11.5 Å². The Kier molecular flexibility index (Phi) is 6.10. The van der Waals surface area contributed by atoms with Gasteiger partial charge in [-0.2, -0.15) is 4.98 Å². The average Bonchev–Trinajstić information content (AvgIpc) is 2.81. The Morgan fingerprint density at radius 1 is 1.03 bits per heavy atom. The van der Waals surface area contributed by atoms with Crippen molar-refractivity contribution in [2.45, 2.75) is 70.0 Å². The van der Waals surface area contributed by atoms with E-state index in [0.29, 0.717) is 23.3 Å². The summed E-state index contributed by atoms with van der Waals surface area (Å²) < 4.78 is 6.11. The molecule has 2 aromatic rings. The highest BCUT2D eigenvalue weighted by molar-refractivity contribution is 6.09. The molecule has 5 rings (SSSR count). The van der Waals surface area contributed by atoms with Crippen LogP contribution in [0.2, 0.25) is 0 Å². The molecule has 0 amide bonds. The van der Waals surface area contributed by atoms with E-state index < -0.39 is 5.60 Å². The van der Waals surface area contributed by atoms with E-state index >= 15 is 0 Å². The number of fused-ring (bicyclic) bond motifs is 1. The van der Waals surface area contributed by atoms with Crippen molar-refractivity contribution < 1.29 is 9.84 Å². The molecular formula is C26H35N5O2. The van der Waals surface area contributed by atoms with E-state index in [2.05, 4.69) is 39.1 Å². The lowest BCUT2D eigenvalue weighted by molar-refractivity contribution is 0.0702. The summed E-state index contributed by atoms with van der Waals surface area (Å²) in [5.74, 6) is 2.19. The first-order valence-electron chi connectivity index (χ1n) is 12.3. The van der Waals surface area contributed by atoms with Crippen LogP contribution in [0.1, 0.15) is 69.4 Å². The summed E-state index contributed by atoms with van der Waals surface area (Å²) in [6.07, 6.45) is 8.25. The Balaban J connectivity index is 1.24. The van der Waals surface area contributed by atoms with Gasteiger partial charge in [0.2, 0.25) is 5.88 Å². The summed E-state index contributed by atoms with van der Waals surface area (Å²) in [4.78, 5) is 15.6. The van der Waals surface area contributed by atoms with E-state index in [9.17, 15) is 5.11 Å². The first-order valence-corrected chi connectivity index (χ1v) is 12.3. The minimum atomic E-state index is -0.599. The molecule has 1 saturated carbocycles. The maximum Gasteiger partial charge on any atom is 0.246 e. The zero-order valence-corrected chi connectivity index (χ0v) is 19.7. The lowest BCUT2D eigenvalue weighted by atomic mass is 9.78. The van der Waals surface area contributed by atoms with E-state index in [1.165, 1.54) is 44.1 Å². The van der Waals surface area contributed by atoms with Crippen molar-refractivity contribution in [1.29, 1.82) is 0 Å². The van der Waals surface area contributed by atoms with Crippen LogP contribution in [-0.4, -0.2) is 57.0 Å². The maximum atomic E-state index is 9.73. The molecule has 0 bridgehead atoms. The molecule has 1 aliphatic carbocycles. The van der Waals surface area contributed by atoms with Crippen molar-refractivity contribution in [1.82, 2.24) is 14.9 Å². The normalized spacial score (nSPS) is 25.7. The second-order valence-electron chi connectivity index (χ2n) is 10.4. The van der Waals surface area contributed by atoms with Crippen LogP contribution in [0.15, 0.2) is 35.6 Å². The van der Waals surface area contributed by atoms with Gasteiger partial charge in [0.25, 0.3) is 0 Å². The molecule has 3 heterocycles. The Bertz CT molecular complexity index is 1000. The highest BCUT2D eigenvalue weighted by atomic mass is 16.5. The number of benzene rings is 1. The first-order chi connectivity index (χ1) is 15.9. The molecule has 0 atom stereocenters. The van der Waals surface area contributed by atoms with E-state index in [1.807, 2.05) is 13.8 Å². The van der Waals surface area contributed by atoms with Gasteiger partial charge in [-0.25, -0.2) is 9.98 Å². The number of aliphatic hydroxyl groups excluding tert-OH is 1. The fraction of sp³-hybridized carbons (Fsp3) is 0.577. The third kappa shape index (κ3) is 4.75. The van der Waals surface area contributed by atoms with Crippen LogP contribution in [0.25, 0.3) is 0 Å². The average molecular weight is 450 g/mol. The highest BCUT2D eigenvalue weighted by Gasteiger charge is 2.35. The Labute approximate surface area is 196 Å². The lowest BCUT2D eigenvalue weighted by Crippen LogP contribution is -2.41. The Morgan fingerprint density at radius 3 is 2.42 bits per heavy atom. The van der Waals surface area contributed by atoms with Crippen molar-refractivity contribution in [2.75, 3.05) is 25.4 Å². The van der Waals surface area contributed by atoms with Gasteiger partial charge in [0.15, 0.2) is 11.5 Å². The monoisotopic (exact) mass is 449 g/mol. The van der Waals surface area contributed by atoms with Crippen LogP contribution < -0.4 is 10.5 Å². The number of nitrogen functional groups attached to an aromatic ring is 1. The second kappa shape index (κ2) is 9.03. The van der Waals surface area contributed by atoms with Crippen LogP contribution in [0, 0.1) is 5.92 Å². The van der Waals surface area contributed by atoms with Crippen LogP contribution in [0.3, 0.4) is 0 Å². The number of aliphatic imine (C=N–C) groups is 1. The van der Waals surface area contributed by atoms with E-state index in [4.69, 9.17) is 15.5 Å². The first kappa shape index (κ1) is 22.3. The Morgan fingerprint density at radius 2 is 1.73 bits per heavy atom. The summed E-state index contributed by atoms with van der Waals surface area (Å²) in [5.41, 5.74) is 9.23. The number of rotatable bonds is 4. The number of likely N-dealkylation sites (tertiary alicyclic amines) is 1. The molecule has 0 unspecified atom stereocenters. The van der Waals surface area contributed by atoms with Gasteiger partial charge < -0.3 is 20.5 Å². The van der Waals surface area contributed by atoms with Gasteiger partial charge in [0, 0.05) is 25.2 Å². The van der Waals surface area contributed by atoms with Crippen molar-refractivity contribution in [3.63, 3.8) is 0 Å². The quantitative estimate of drug-likeness (QED) is 0.730. The van der Waals surface area contributed by atoms with Gasteiger partial charge in [0.1, 0.15) is 11.9 Å². The maximum absolute atomic E-state index is 9.73. The number of anilines is 1. The summed E-state index contributed by atoms with van der Waals surface area (Å²) >= 11 is 0. The summed E-state index contributed by atoms with van der Waals surface area (Å²) in [7, 11) is 0. The van der Waals surface area contributed by atoms with Crippen molar-refractivity contribution in [3.8, 4) is 5.88 Å². The predicted molar refractivity (Wildman–Crippen MR) is 130 cm³/mol. The molecule has 0 spiro atoms. The third-order valence-corrected chi connectivity index (χ3v) is 7.54. The molecule has 7 heteroatoms. The number of nitrogens with two attached hydrogens (primary N) is 1. The van der Waals surface area contributed by atoms with Crippen molar-refractivity contribution >= 4 is 17.2 Å². The van der Waals surface area contributed by atoms with Crippen LogP contribution in [0.5, 0.6) is 5.88 Å². The number of hydrogen-bond acceptors (Lipinski definition) is 7. The highest BCUT2D eigenvalue weighted by Crippen LogP contribution is 2.40. The summed E-state index contributed by atoms with van der Waals surface area (Å²) in [6.45, 7) is 7.31. The molecule has 1 aromatic heterocycles. The third-order valence-electron chi connectivity index (χ3n) is 7.54. The summed E-state index contributed by atoms with van der Waals surface area (Å²) in [6, 6.07) is 8.83. The lowest BCUT2D eigenvalue weighted by Gasteiger charge is -2.35. The molecule has 3 aliphatic rings. The van der Waals surface area contributed by atoms with Crippen LogP contribution in [-0.2, 0) is 0 Å². The number of hydrogen-bond donors (Lipinski definition) is 2. The van der Waals surface area contributed by atoms with E-state index in [-0.39, 0.29) is 6.10 Å². The largest absolute Gasteiger partial charge is 0.463 e. The van der Waals surface area contributed by atoms with E-state index in [1.54, 1.807) is 0 Å². The molecule has 0 radical (unpaired) electrons. The fourth-order valence-corrected chi connectivity index (χ4v) is 5.56.